The minimum atomic E-state index is 0.198. The lowest BCUT2D eigenvalue weighted by Gasteiger charge is -2.34. The Morgan fingerprint density at radius 3 is 2.76 bits per heavy atom. The number of aryl methyl sites for hydroxylation is 1. The zero-order chi connectivity index (χ0) is 18.1. The average molecular weight is 364 g/mol. The second kappa shape index (κ2) is 10.7. The van der Waals surface area contributed by atoms with Gasteiger partial charge in [-0.2, -0.15) is 0 Å². The minimum Gasteiger partial charge on any atom is -0.374 e. The van der Waals surface area contributed by atoms with Crippen molar-refractivity contribution in [1.82, 2.24) is 10.2 Å². The summed E-state index contributed by atoms with van der Waals surface area (Å²) in [6.07, 6.45) is 3.81. The van der Waals surface area contributed by atoms with E-state index in [0.29, 0.717) is 11.0 Å². The fraction of sp³-hybridized carbons (Fsp3) is 0.650. The number of ether oxygens (including phenoxy) is 1. The number of morpholine rings is 1. The topological polar surface area (TPSA) is 36.5 Å². The third-order valence-corrected chi connectivity index (χ3v) is 4.61. The fourth-order valence-electron chi connectivity index (χ4n) is 3.10. The van der Waals surface area contributed by atoms with Crippen molar-refractivity contribution in [3.63, 3.8) is 0 Å². The molecule has 4 nitrogen and oxygen atoms in total. The largest absolute Gasteiger partial charge is 0.374 e. The van der Waals surface area contributed by atoms with E-state index in [1.54, 1.807) is 0 Å². The van der Waals surface area contributed by atoms with Gasteiger partial charge in [-0.1, -0.05) is 39.3 Å². The smallest absolute Gasteiger partial charge is 0.170 e. The monoisotopic (exact) mass is 363 g/mol. The fourth-order valence-corrected chi connectivity index (χ4v) is 3.30. The van der Waals surface area contributed by atoms with Gasteiger partial charge in [0.2, 0.25) is 0 Å². The van der Waals surface area contributed by atoms with Gasteiger partial charge in [0.05, 0.1) is 12.7 Å². The van der Waals surface area contributed by atoms with E-state index in [1.807, 2.05) is 0 Å². The van der Waals surface area contributed by atoms with Crippen LogP contribution >= 0.6 is 12.2 Å². The summed E-state index contributed by atoms with van der Waals surface area (Å²) in [5.74, 6) is 0.690. The van der Waals surface area contributed by atoms with Crippen LogP contribution in [0.1, 0.15) is 39.2 Å². The number of hydrogen-bond acceptors (Lipinski definition) is 3. The lowest BCUT2D eigenvalue weighted by atomic mass is 10.1. The number of unbranched alkanes of at least 4 members (excludes halogenated alkanes) is 1. The van der Waals surface area contributed by atoms with Crippen LogP contribution in [0, 0.1) is 5.92 Å². The molecule has 0 saturated carbocycles. The Labute approximate surface area is 158 Å². The number of anilines is 1. The van der Waals surface area contributed by atoms with Gasteiger partial charge >= 0.3 is 0 Å². The van der Waals surface area contributed by atoms with Crippen LogP contribution in [-0.4, -0.2) is 48.9 Å². The molecule has 1 fully saturated rings. The summed E-state index contributed by atoms with van der Waals surface area (Å²) in [6, 6.07) is 8.55. The van der Waals surface area contributed by atoms with Crippen molar-refractivity contribution in [3.8, 4) is 0 Å². The average Bonchev–Trinajstić information content (AvgIpc) is 2.59. The van der Waals surface area contributed by atoms with Crippen LogP contribution in [0.3, 0.4) is 0 Å². The maximum atomic E-state index is 5.85. The molecule has 2 rings (SSSR count). The van der Waals surface area contributed by atoms with Gasteiger partial charge in [0.1, 0.15) is 0 Å². The molecule has 1 aromatic rings. The molecule has 5 heteroatoms. The van der Waals surface area contributed by atoms with E-state index in [2.05, 4.69) is 60.6 Å². The van der Waals surface area contributed by atoms with Crippen LogP contribution in [0.5, 0.6) is 0 Å². The molecule has 0 bridgehead atoms. The standard InChI is InChI=1S/C20H33N3OS/c1-4-5-6-17-7-9-18(10-8-17)22-20(25)21-13-19-15-23(11-12-24-19)14-16(2)3/h7-10,16,19H,4-6,11-15H2,1-3H3,(H2,21,22,25)/t19-/m1/s1. The molecule has 1 atom stereocenters. The van der Waals surface area contributed by atoms with Crippen molar-refractivity contribution in [2.45, 2.75) is 46.1 Å². The second-order valence-electron chi connectivity index (χ2n) is 7.28. The van der Waals surface area contributed by atoms with Crippen molar-refractivity contribution >= 4 is 23.0 Å². The highest BCUT2D eigenvalue weighted by Crippen LogP contribution is 2.12. The first-order chi connectivity index (χ1) is 12.1. The van der Waals surface area contributed by atoms with Crippen molar-refractivity contribution in [1.29, 1.82) is 0 Å². The third kappa shape index (κ3) is 7.72. The molecule has 1 aromatic carbocycles. The van der Waals surface area contributed by atoms with Gasteiger partial charge in [-0.25, -0.2) is 0 Å². The van der Waals surface area contributed by atoms with Crippen LogP contribution < -0.4 is 10.6 Å². The van der Waals surface area contributed by atoms with Crippen molar-refractivity contribution in [2.24, 2.45) is 5.92 Å². The Hall–Kier alpha value is -1.17. The maximum absolute atomic E-state index is 5.85. The molecule has 140 valence electrons. The zero-order valence-corrected chi connectivity index (χ0v) is 16.7. The molecule has 1 aliphatic heterocycles. The van der Waals surface area contributed by atoms with Crippen LogP contribution in [0.4, 0.5) is 5.69 Å². The molecule has 1 aliphatic rings. The number of thiocarbonyl (C=S) groups is 1. The lowest BCUT2D eigenvalue weighted by molar-refractivity contribution is -0.0283. The number of benzene rings is 1. The molecule has 0 amide bonds. The third-order valence-electron chi connectivity index (χ3n) is 4.37. The van der Waals surface area contributed by atoms with Gasteiger partial charge < -0.3 is 15.4 Å². The van der Waals surface area contributed by atoms with E-state index in [0.717, 1.165) is 44.9 Å². The maximum Gasteiger partial charge on any atom is 0.170 e. The molecule has 0 aliphatic carbocycles. The van der Waals surface area contributed by atoms with E-state index in [1.165, 1.54) is 18.4 Å². The Morgan fingerprint density at radius 1 is 1.32 bits per heavy atom. The van der Waals surface area contributed by atoms with E-state index in [9.17, 15) is 0 Å². The van der Waals surface area contributed by atoms with Crippen LogP contribution in [0.2, 0.25) is 0 Å². The predicted molar refractivity (Wildman–Crippen MR) is 110 cm³/mol. The Balaban J connectivity index is 1.71. The van der Waals surface area contributed by atoms with Crippen LogP contribution in [-0.2, 0) is 11.2 Å². The Morgan fingerprint density at radius 2 is 2.08 bits per heavy atom. The van der Waals surface area contributed by atoms with Crippen LogP contribution in [0.25, 0.3) is 0 Å². The predicted octanol–water partition coefficient (Wildman–Crippen LogP) is 3.67. The van der Waals surface area contributed by atoms with E-state index < -0.39 is 0 Å². The molecular formula is C20H33N3OS. The van der Waals surface area contributed by atoms with E-state index in [-0.39, 0.29) is 6.10 Å². The summed E-state index contributed by atoms with van der Waals surface area (Å²) in [5, 5.41) is 7.21. The minimum absolute atomic E-state index is 0.198. The normalized spacial score (nSPS) is 18.3. The van der Waals surface area contributed by atoms with Gasteiger partial charge in [0.25, 0.3) is 0 Å². The first-order valence-electron chi connectivity index (χ1n) is 9.54. The highest BCUT2D eigenvalue weighted by atomic mass is 32.1. The molecule has 0 radical (unpaired) electrons. The molecule has 0 aromatic heterocycles. The quantitative estimate of drug-likeness (QED) is 0.689. The SMILES string of the molecule is CCCCc1ccc(NC(=S)NC[C@@H]2CN(CC(C)C)CCO2)cc1. The zero-order valence-electron chi connectivity index (χ0n) is 15.9. The second-order valence-corrected chi connectivity index (χ2v) is 7.69. The van der Waals surface area contributed by atoms with Crippen molar-refractivity contribution in [3.05, 3.63) is 29.8 Å². The van der Waals surface area contributed by atoms with Gasteiger partial charge in [-0.3, -0.25) is 4.90 Å². The molecule has 0 unspecified atom stereocenters. The van der Waals surface area contributed by atoms with Gasteiger partial charge in [0, 0.05) is 31.9 Å². The molecule has 1 saturated heterocycles. The lowest BCUT2D eigenvalue weighted by Crippen LogP contribution is -2.48. The number of hydrogen-bond donors (Lipinski definition) is 2. The Bertz CT molecular complexity index is 518. The number of nitrogens with one attached hydrogen (secondary N) is 2. The van der Waals surface area contributed by atoms with E-state index in [4.69, 9.17) is 17.0 Å². The van der Waals surface area contributed by atoms with Gasteiger partial charge in [-0.15, -0.1) is 0 Å². The van der Waals surface area contributed by atoms with Gasteiger partial charge in [0.15, 0.2) is 5.11 Å². The molecule has 25 heavy (non-hydrogen) atoms. The first-order valence-corrected chi connectivity index (χ1v) is 9.95. The van der Waals surface area contributed by atoms with Gasteiger partial charge in [-0.05, 0) is 48.7 Å². The molecule has 2 N–H and O–H groups in total. The molecule has 1 heterocycles. The van der Waals surface area contributed by atoms with Crippen molar-refractivity contribution < 1.29 is 4.74 Å². The summed E-state index contributed by atoms with van der Waals surface area (Å²) in [7, 11) is 0. The summed E-state index contributed by atoms with van der Waals surface area (Å²) >= 11 is 5.42. The summed E-state index contributed by atoms with van der Waals surface area (Å²) in [6.45, 7) is 11.4. The van der Waals surface area contributed by atoms with Crippen molar-refractivity contribution in [2.75, 3.05) is 38.1 Å². The molecule has 0 spiro atoms. The summed E-state index contributed by atoms with van der Waals surface area (Å²) in [5.41, 5.74) is 2.41. The van der Waals surface area contributed by atoms with Crippen LogP contribution in [0.15, 0.2) is 24.3 Å². The Kier molecular flexibility index (Phi) is 8.65. The highest BCUT2D eigenvalue weighted by molar-refractivity contribution is 7.80. The summed E-state index contributed by atoms with van der Waals surface area (Å²) < 4.78 is 5.85. The van der Waals surface area contributed by atoms with E-state index >= 15 is 0 Å². The number of nitrogens with zero attached hydrogens (tertiary/aromatic N) is 1. The highest BCUT2D eigenvalue weighted by Gasteiger charge is 2.20. The summed E-state index contributed by atoms with van der Waals surface area (Å²) in [4.78, 5) is 2.48. The number of rotatable bonds is 8. The molecular weight excluding hydrogens is 330 g/mol. The first kappa shape index (κ1) is 20.1.